The van der Waals surface area contributed by atoms with Crippen molar-refractivity contribution >= 4 is 40.3 Å². The molecule has 1 aliphatic carbocycles. The maximum atomic E-state index is 6.48. The van der Waals surface area contributed by atoms with E-state index in [9.17, 15) is 0 Å². The molecule has 0 bridgehead atoms. The lowest BCUT2D eigenvalue weighted by molar-refractivity contribution is 0.768. The van der Waals surface area contributed by atoms with E-state index in [0.29, 0.717) is 10.0 Å². The number of halogens is 2. The first-order chi connectivity index (χ1) is 25.6. The van der Waals surface area contributed by atoms with Crippen LogP contribution in [0.3, 0.4) is 0 Å². The zero-order valence-corrected chi connectivity index (χ0v) is 29.8. The van der Waals surface area contributed by atoms with Crippen molar-refractivity contribution in [3.8, 4) is 33.4 Å². The maximum Gasteiger partial charge on any atom is 0.0714 e. The summed E-state index contributed by atoms with van der Waals surface area (Å²) in [6.45, 7) is 0. The van der Waals surface area contributed by atoms with E-state index in [1.807, 2.05) is 36.4 Å². The van der Waals surface area contributed by atoms with Crippen LogP contribution >= 0.6 is 23.2 Å². The molecule has 0 aromatic heterocycles. The number of nitrogens with zero attached hydrogens (tertiary/aromatic N) is 1. The Balaban J connectivity index is 1.30. The molecule has 0 fully saturated rings. The first-order valence-electron chi connectivity index (χ1n) is 17.5. The highest BCUT2D eigenvalue weighted by atomic mass is 35.5. The van der Waals surface area contributed by atoms with Gasteiger partial charge >= 0.3 is 0 Å². The number of rotatable bonds is 7. The fourth-order valence-electron chi connectivity index (χ4n) is 8.00. The lowest BCUT2D eigenvalue weighted by atomic mass is 9.67. The van der Waals surface area contributed by atoms with Crippen molar-refractivity contribution in [2.75, 3.05) is 4.90 Å². The number of benzene rings is 8. The van der Waals surface area contributed by atoms with Gasteiger partial charge in [-0.05, 0) is 116 Å². The van der Waals surface area contributed by atoms with Crippen molar-refractivity contribution in [1.29, 1.82) is 0 Å². The summed E-state index contributed by atoms with van der Waals surface area (Å²) in [5.41, 5.74) is 14.5. The normalized spacial score (nSPS) is 12.6. The van der Waals surface area contributed by atoms with E-state index in [1.165, 1.54) is 33.4 Å². The maximum absolute atomic E-state index is 6.48. The van der Waals surface area contributed by atoms with E-state index in [2.05, 4.69) is 169 Å². The van der Waals surface area contributed by atoms with Crippen molar-refractivity contribution in [2.24, 2.45) is 0 Å². The SMILES string of the molecule is Clc1cccc(-c2cccc(N(c3cccc(-c4cccc(Cl)c4)c3)c3ccc4c(c3)C(c3ccccc3)(c3ccccc3)c3ccccc3-4)c2)c1. The zero-order valence-electron chi connectivity index (χ0n) is 28.3. The van der Waals surface area contributed by atoms with Crippen LogP contribution in [0.2, 0.25) is 10.0 Å². The lowest BCUT2D eigenvalue weighted by Gasteiger charge is -2.35. The Hall–Kier alpha value is -5.86. The van der Waals surface area contributed by atoms with Crippen molar-refractivity contribution in [2.45, 2.75) is 5.41 Å². The monoisotopic (exact) mass is 705 g/mol. The highest BCUT2D eigenvalue weighted by Gasteiger charge is 2.46. The Morgan fingerprint density at radius 1 is 0.327 bits per heavy atom. The first-order valence-corrected chi connectivity index (χ1v) is 18.2. The van der Waals surface area contributed by atoms with Crippen LogP contribution in [-0.4, -0.2) is 0 Å². The minimum absolute atomic E-state index is 0.513. The minimum atomic E-state index is -0.513. The van der Waals surface area contributed by atoms with Gasteiger partial charge in [0.2, 0.25) is 0 Å². The van der Waals surface area contributed by atoms with E-state index in [1.54, 1.807) is 0 Å². The zero-order chi connectivity index (χ0) is 35.1. The van der Waals surface area contributed by atoms with Crippen molar-refractivity contribution in [1.82, 2.24) is 0 Å². The summed E-state index contributed by atoms with van der Waals surface area (Å²) in [5, 5.41) is 1.43. The average molecular weight is 707 g/mol. The predicted molar refractivity (Wildman–Crippen MR) is 219 cm³/mol. The van der Waals surface area contributed by atoms with Crippen LogP contribution in [0.25, 0.3) is 33.4 Å². The van der Waals surface area contributed by atoms with Gasteiger partial charge in [0.25, 0.3) is 0 Å². The first kappa shape index (κ1) is 32.1. The van der Waals surface area contributed by atoms with Gasteiger partial charge < -0.3 is 4.90 Å². The van der Waals surface area contributed by atoms with E-state index in [-0.39, 0.29) is 0 Å². The molecule has 1 nitrogen and oxygen atoms in total. The Bertz CT molecular complexity index is 2430. The molecule has 0 heterocycles. The molecule has 0 amide bonds. The van der Waals surface area contributed by atoms with Gasteiger partial charge in [-0.25, -0.2) is 0 Å². The molecule has 8 aromatic carbocycles. The number of hydrogen-bond donors (Lipinski definition) is 0. The summed E-state index contributed by atoms with van der Waals surface area (Å²) in [6.07, 6.45) is 0. The third kappa shape index (κ3) is 5.51. The molecule has 0 saturated heterocycles. The highest BCUT2D eigenvalue weighted by molar-refractivity contribution is 6.31. The molecule has 0 aliphatic heterocycles. The van der Waals surface area contributed by atoms with E-state index in [0.717, 1.165) is 39.3 Å². The summed E-state index contributed by atoms with van der Waals surface area (Å²) in [4.78, 5) is 2.37. The molecule has 248 valence electrons. The second-order valence-corrected chi connectivity index (χ2v) is 14.1. The molecule has 0 saturated carbocycles. The molecule has 3 heteroatoms. The van der Waals surface area contributed by atoms with E-state index < -0.39 is 5.41 Å². The predicted octanol–water partition coefficient (Wildman–Crippen LogP) is 14.2. The van der Waals surface area contributed by atoms with Gasteiger partial charge in [0, 0.05) is 27.1 Å². The third-order valence-corrected chi connectivity index (χ3v) is 10.7. The molecular formula is C49H33Cl2N. The molecule has 52 heavy (non-hydrogen) atoms. The van der Waals surface area contributed by atoms with Crippen LogP contribution in [-0.2, 0) is 5.41 Å². The molecule has 0 atom stereocenters. The molecule has 0 spiro atoms. The van der Waals surface area contributed by atoms with Crippen LogP contribution < -0.4 is 4.90 Å². The highest BCUT2D eigenvalue weighted by Crippen LogP contribution is 2.57. The van der Waals surface area contributed by atoms with E-state index in [4.69, 9.17) is 23.2 Å². The summed E-state index contributed by atoms with van der Waals surface area (Å²) < 4.78 is 0. The smallest absolute Gasteiger partial charge is 0.0714 e. The van der Waals surface area contributed by atoms with Gasteiger partial charge in [-0.2, -0.15) is 0 Å². The Labute approximate surface area is 315 Å². The molecular weight excluding hydrogens is 673 g/mol. The van der Waals surface area contributed by atoms with Gasteiger partial charge in [0.1, 0.15) is 0 Å². The number of hydrogen-bond acceptors (Lipinski definition) is 1. The Morgan fingerprint density at radius 2 is 0.769 bits per heavy atom. The molecule has 8 aromatic rings. The fourth-order valence-corrected chi connectivity index (χ4v) is 8.38. The summed E-state index contributed by atoms with van der Waals surface area (Å²) in [6, 6.07) is 71.3. The van der Waals surface area contributed by atoms with Crippen molar-refractivity contribution in [3.63, 3.8) is 0 Å². The quantitative estimate of drug-likeness (QED) is 0.159. The van der Waals surface area contributed by atoms with Gasteiger partial charge in [-0.1, -0.05) is 163 Å². The lowest BCUT2D eigenvalue weighted by Crippen LogP contribution is -2.28. The van der Waals surface area contributed by atoms with Gasteiger partial charge in [-0.15, -0.1) is 0 Å². The van der Waals surface area contributed by atoms with Crippen LogP contribution in [0, 0.1) is 0 Å². The van der Waals surface area contributed by atoms with Crippen LogP contribution in [0.1, 0.15) is 22.3 Å². The molecule has 0 radical (unpaired) electrons. The van der Waals surface area contributed by atoms with Crippen molar-refractivity contribution < 1.29 is 0 Å². The Kier molecular flexibility index (Phi) is 8.24. The van der Waals surface area contributed by atoms with E-state index >= 15 is 0 Å². The largest absolute Gasteiger partial charge is 0.310 e. The van der Waals surface area contributed by atoms with Gasteiger partial charge in [0.05, 0.1) is 5.41 Å². The van der Waals surface area contributed by atoms with Crippen molar-refractivity contribution in [3.05, 3.63) is 232 Å². The van der Waals surface area contributed by atoms with Crippen LogP contribution in [0.5, 0.6) is 0 Å². The summed E-state index contributed by atoms with van der Waals surface area (Å²) >= 11 is 13.0. The molecule has 0 N–H and O–H groups in total. The van der Waals surface area contributed by atoms with Crippen LogP contribution in [0.15, 0.2) is 200 Å². The average Bonchev–Trinajstić information content (AvgIpc) is 3.49. The summed E-state index contributed by atoms with van der Waals surface area (Å²) in [5.74, 6) is 0. The van der Waals surface area contributed by atoms with Crippen LogP contribution in [0.4, 0.5) is 17.1 Å². The molecule has 0 unspecified atom stereocenters. The number of anilines is 3. The van der Waals surface area contributed by atoms with Gasteiger partial charge in [-0.3, -0.25) is 0 Å². The molecule has 9 rings (SSSR count). The summed E-state index contributed by atoms with van der Waals surface area (Å²) in [7, 11) is 0. The fraction of sp³-hybridized carbons (Fsp3) is 0.0204. The minimum Gasteiger partial charge on any atom is -0.310 e. The second-order valence-electron chi connectivity index (χ2n) is 13.2. The number of fused-ring (bicyclic) bond motifs is 3. The Morgan fingerprint density at radius 3 is 1.31 bits per heavy atom. The third-order valence-electron chi connectivity index (χ3n) is 10.2. The second kappa shape index (κ2) is 13.4. The molecule has 1 aliphatic rings. The van der Waals surface area contributed by atoms with Gasteiger partial charge in [0.15, 0.2) is 0 Å². The standard InChI is InChI=1S/C49H33Cl2N/c50-40-21-9-13-34(29-40)36-15-11-23-42(31-36)52(43-24-12-16-37(32-43)35-14-10-22-41(51)30-35)44-27-28-46-45-25-7-8-26-47(45)49(48(46)33-44,38-17-3-1-4-18-38)39-19-5-2-6-20-39/h1-33H. The topological polar surface area (TPSA) is 3.24 Å².